The number of methoxy groups -OCH3 is 2. The van der Waals surface area contributed by atoms with Crippen LogP contribution in [0, 0.1) is 0 Å². The van der Waals surface area contributed by atoms with Gasteiger partial charge in [0.15, 0.2) is 0 Å². The number of aromatic nitrogens is 2. The molecule has 8 heteroatoms. The lowest BCUT2D eigenvalue weighted by Gasteiger charge is -2.12. The van der Waals surface area contributed by atoms with Gasteiger partial charge in [-0.2, -0.15) is 0 Å². The number of nitrogens with one attached hydrogen (secondary N) is 2. The molecule has 140 valence electrons. The number of ether oxygens (including phenoxy) is 2. The number of nitrogens with zero attached hydrogens (tertiary/aromatic N) is 3. The molecule has 0 aliphatic heterocycles. The van der Waals surface area contributed by atoms with Crippen molar-refractivity contribution >= 4 is 17.5 Å². The van der Waals surface area contributed by atoms with E-state index in [-0.39, 0.29) is 5.91 Å². The third-order valence-corrected chi connectivity index (χ3v) is 3.61. The average molecular weight is 359 g/mol. The van der Waals surface area contributed by atoms with E-state index in [4.69, 9.17) is 9.47 Å². The summed E-state index contributed by atoms with van der Waals surface area (Å²) in [6, 6.07) is 6.93. The number of hydrogen-bond acceptors (Lipinski definition) is 7. The Morgan fingerprint density at radius 2 is 2.00 bits per heavy atom. The van der Waals surface area contributed by atoms with E-state index in [0.717, 1.165) is 13.0 Å². The van der Waals surface area contributed by atoms with Crippen molar-refractivity contribution < 1.29 is 14.3 Å². The van der Waals surface area contributed by atoms with Gasteiger partial charge in [-0.3, -0.25) is 4.79 Å². The largest absolute Gasteiger partial charge is 0.497 e. The van der Waals surface area contributed by atoms with Crippen molar-refractivity contribution in [2.45, 2.75) is 6.42 Å². The van der Waals surface area contributed by atoms with Gasteiger partial charge in [0.25, 0.3) is 5.91 Å². The fourth-order valence-electron chi connectivity index (χ4n) is 2.27. The summed E-state index contributed by atoms with van der Waals surface area (Å²) in [5, 5.41) is 5.92. The molecule has 1 heterocycles. The van der Waals surface area contributed by atoms with Gasteiger partial charge in [0.1, 0.15) is 17.2 Å². The van der Waals surface area contributed by atoms with Crippen molar-refractivity contribution in [3.05, 3.63) is 36.2 Å². The normalized spacial score (nSPS) is 10.5. The van der Waals surface area contributed by atoms with Crippen LogP contribution in [0.1, 0.15) is 16.9 Å². The number of carbonyl (C=O) groups excluding carboxylic acids is 1. The molecular weight excluding hydrogens is 334 g/mol. The van der Waals surface area contributed by atoms with Crippen LogP contribution in [0.2, 0.25) is 0 Å². The molecule has 1 aromatic carbocycles. The third kappa shape index (κ3) is 5.59. The molecule has 0 aliphatic rings. The van der Waals surface area contributed by atoms with Gasteiger partial charge in [0.2, 0.25) is 5.95 Å². The van der Waals surface area contributed by atoms with Crippen LogP contribution in [0.15, 0.2) is 30.5 Å². The summed E-state index contributed by atoms with van der Waals surface area (Å²) in [4.78, 5) is 22.7. The zero-order valence-electron chi connectivity index (χ0n) is 15.6. The predicted molar refractivity (Wildman–Crippen MR) is 100 cm³/mol. The molecule has 0 radical (unpaired) electrons. The lowest BCUT2D eigenvalue weighted by molar-refractivity contribution is 0.0947. The second-order valence-electron chi connectivity index (χ2n) is 5.87. The van der Waals surface area contributed by atoms with E-state index in [2.05, 4.69) is 25.5 Å². The minimum absolute atomic E-state index is 0.230. The van der Waals surface area contributed by atoms with Crippen molar-refractivity contribution in [1.29, 1.82) is 0 Å². The highest BCUT2D eigenvalue weighted by atomic mass is 16.5. The molecule has 0 saturated carbocycles. The molecular formula is C18H25N5O3. The molecule has 2 N–H and O–H groups in total. The quantitative estimate of drug-likeness (QED) is 0.661. The first-order valence-electron chi connectivity index (χ1n) is 8.28. The van der Waals surface area contributed by atoms with Gasteiger partial charge in [0.05, 0.1) is 19.9 Å². The van der Waals surface area contributed by atoms with Crippen LogP contribution in [0.5, 0.6) is 11.5 Å². The Morgan fingerprint density at radius 3 is 2.69 bits per heavy atom. The summed E-state index contributed by atoms with van der Waals surface area (Å²) in [5.41, 5.74) is 0.949. The Labute approximate surface area is 153 Å². The first kappa shape index (κ1) is 19.5. The summed E-state index contributed by atoms with van der Waals surface area (Å²) in [6.45, 7) is 1.50. The van der Waals surface area contributed by atoms with E-state index in [9.17, 15) is 4.79 Å². The van der Waals surface area contributed by atoms with E-state index < -0.39 is 0 Å². The number of hydrogen-bond donors (Lipinski definition) is 2. The molecule has 0 atom stereocenters. The highest BCUT2D eigenvalue weighted by Crippen LogP contribution is 2.30. The lowest BCUT2D eigenvalue weighted by atomic mass is 10.2. The van der Waals surface area contributed by atoms with Gasteiger partial charge < -0.3 is 25.0 Å². The molecule has 0 aliphatic carbocycles. The third-order valence-electron chi connectivity index (χ3n) is 3.61. The van der Waals surface area contributed by atoms with Crippen molar-refractivity contribution in [3.63, 3.8) is 0 Å². The van der Waals surface area contributed by atoms with Crippen LogP contribution in [-0.2, 0) is 0 Å². The minimum Gasteiger partial charge on any atom is -0.497 e. The second kappa shape index (κ2) is 9.57. The van der Waals surface area contributed by atoms with Gasteiger partial charge in [-0.15, -0.1) is 0 Å². The van der Waals surface area contributed by atoms with Gasteiger partial charge in [-0.1, -0.05) is 0 Å². The van der Waals surface area contributed by atoms with Gasteiger partial charge in [-0.05, 0) is 45.3 Å². The lowest BCUT2D eigenvalue weighted by Crippen LogP contribution is -2.28. The maximum Gasteiger partial charge on any atom is 0.270 e. The standard InChI is InChI=1S/C18H25N5O3/c1-23(2)11-5-9-19-17(24)14-8-10-20-18(21-14)22-15-12-13(25-3)6-7-16(15)26-4/h6-8,10,12H,5,9,11H2,1-4H3,(H,19,24)(H,20,21,22). The summed E-state index contributed by atoms with van der Waals surface area (Å²) >= 11 is 0. The van der Waals surface area contributed by atoms with E-state index >= 15 is 0 Å². The summed E-state index contributed by atoms with van der Waals surface area (Å²) in [5.74, 6) is 1.36. The van der Waals surface area contributed by atoms with Gasteiger partial charge >= 0.3 is 0 Å². The zero-order chi connectivity index (χ0) is 18.9. The van der Waals surface area contributed by atoms with Crippen LogP contribution in [0.4, 0.5) is 11.6 Å². The van der Waals surface area contributed by atoms with E-state index in [1.165, 1.54) is 6.20 Å². The molecule has 1 aromatic heterocycles. The average Bonchev–Trinajstić information content (AvgIpc) is 2.65. The van der Waals surface area contributed by atoms with Crippen molar-refractivity contribution in [1.82, 2.24) is 20.2 Å². The fraction of sp³-hybridized carbons (Fsp3) is 0.389. The topological polar surface area (TPSA) is 88.6 Å². The smallest absolute Gasteiger partial charge is 0.270 e. The van der Waals surface area contributed by atoms with E-state index in [1.54, 1.807) is 38.5 Å². The minimum atomic E-state index is -0.230. The van der Waals surface area contributed by atoms with E-state index in [1.807, 2.05) is 14.1 Å². The molecule has 0 fully saturated rings. The Hall–Kier alpha value is -2.87. The Morgan fingerprint density at radius 1 is 1.19 bits per heavy atom. The summed E-state index contributed by atoms with van der Waals surface area (Å²) in [6.07, 6.45) is 2.41. The highest BCUT2D eigenvalue weighted by Gasteiger charge is 2.11. The van der Waals surface area contributed by atoms with Gasteiger partial charge in [0, 0.05) is 18.8 Å². The summed E-state index contributed by atoms with van der Waals surface area (Å²) in [7, 11) is 7.16. The first-order valence-corrected chi connectivity index (χ1v) is 8.28. The molecule has 0 bridgehead atoms. The zero-order valence-corrected chi connectivity index (χ0v) is 15.6. The summed E-state index contributed by atoms with van der Waals surface area (Å²) < 4.78 is 10.5. The monoisotopic (exact) mass is 359 g/mol. The Bertz CT molecular complexity index is 737. The van der Waals surface area contributed by atoms with Crippen LogP contribution >= 0.6 is 0 Å². The van der Waals surface area contributed by atoms with E-state index in [0.29, 0.717) is 35.4 Å². The molecule has 2 rings (SSSR count). The van der Waals surface area contributed by atoms with Crippen molar-refractivity contribution in [2.75, 3.05) is 46.7 Å². The molecule has 2 aromatic rings. The number of anilines is 2. The van der Waals surface area contributed by atoms with Crippen LogP contribution in [-0.4, -0.2) is 62.2 Å². The SMILES string of the molecule is COc1ccc(OC)c(Nc2nccc(C(=O)NCCCN(C)C)n2)c1. The molecule has 8 nitrogen and oxygen atoms in total. The second-order valence-corrected chi connectivity index (χ2v) is 5.87. The molecule has 26 heavy (non-hydrogen) atoms. The predicted octanol–water partition coefficient (Wildman–Crippen LogP) is 1.92. The molecule has 0 unspecified atom stereocenters. The number of carbonyl (C=O) groups is 1. The van der Waals surface area contributed by atoms with Crippen molar-refractivity contribution in [2.24, 2.45) is 0 Å². The molecule has 1 amide bonds. The maximum atomic E-state index is 12.2. The van der Waals surface area contributed by atoms with Crippen LogP contribution < -0.4 is 20.1 Å². The fourth-order valence-corrected chi connectivity index (χ4v) is 2.27. The maximum absolute atomic E-state index is 12.2. The van der Waals surface area contributed by atoms with Crippen LogP contribution in [0.25, 0.3) is 0 Å². The Balaban J connectivity index is 2.06. The van der Waals surface area contributed by atoms with Crippen LogP contribution in [0.3, 0.4) is 0 Å². The van der Waals surface area contributed by atoms with Crippen molar-refractivity contribution in [3.8, 4) is 11.5 Å². The number of amides is 1. The van der Waals surface area contributed by atoms with Gasteiger partial charge in [-0.25, -0.2) is 9.97 Å². The first-order chi connectivity index (χ1) is 12.5. The number of rotatable bonds is 9. The number of benzene rings is 1. The highest BCUT2D eigenvalue weighted by molar-refractivity contribution is 5.92. The molecule has 0 spiro atoms. The molecule has 0 saturated heterocycles. The Kier molecular flexibility index (Phi) is 7.16.